The molecule has 0 amide bonds. The Balaban J connectivity index is 2.02. The van der Waals surface area contributed by atoms with Gasteiger partial charge in [0.2, 0.25) is 0 Å². The van der Waals surface area contributed by atoms with E-state index in [0.717, 1.165) is 38.4 Å². The van der Waals surface area contributed by atoms with Crippen molar-refractivity contribution in [2.75, 3.05) is 0 Å². The van der Waals surface area contributed by atoms with E-state index in [1.165, 1.54) is 0 Å². The Morgan fingerprint density at radius 2 is 1.95 bits per heavy atom. The molecule has 0 bridgehead atoms. The van der Waals surface area contributed by atoms with Crippen molar-refractivity contribution < 1.29 is 4.74 Å². The SMILES string of the molecule is Cc1nn(-c2ccccc2)c2c1COc1ccc(Br)cc1-2. The van der Waals surface area contributed by atoms with Gasteiger partial charge in [0.05, 0.1) is 17.1 Å². The van der Waals surface area contributed by atoms with Crippen LogP contribution in [0.3, 0.4) is 0 Å². The maximum Gasteiger partial charge on any atom is 0.129 e. The summed E-state index contributed by atoms with van der Waals surface area (Å²) in [5.41, 5.74) is 5.44. The Labute approximate surface area is 131 Å². The molecular formula is C17H13BrN2O. The third kappa shape index (κ3) is 1.98. The van der Waals surface area contributed by atoms with Crippen LogP contribution in [-0.4, -0.2) is 9.78 Å². The molecule has 2 aromatic carbocycles. The number of ether oxygens (including phenoxy) is 1. The van der Waals surface area contributed by atoms with Gasteiger partial charge < -0.3 is 4.74 Å². The van der Waals surface area contributed by atoms with Crippen LogP contribution in [0.2, 0.25) is 0 Å². The summed E-state index contributed by atoms with van der Waals surface area (Å²) < 4.78 is 8.91. The monoisotopic (exact) mass is 340 g/mol. The van der Waals surface area contributed by atoms with Gasteiger partial charge in [-0.15, -0.1) is 0 Å². The molecule has 0 saturated carbocycles. The fraction of sp³-hybridized carbons (Fsp3) is 0.118. The van der Waals surface area contributed by atoms with Crippen LogP contribution in [0.4, 0.5) is 0 Å². The molecule has 0 N–H and O–H groups in total. The molecule has 0 atom stereocenters. The van der Waals surface area contributed by atoms with Gasteiger partial charge in [0.15, 0.2) is 0 Å². The quantitative estimate of drug-likeness (QED) is 0.652. The number of para-hydroxylation sites is 1. The molecule has 0 unspecified atom stereocenters. The highest BCUT2D eigenvalue weighted by molar-refractivity contribution is 9.10. The van der Waals surface area contributed by atoms with Gasteiger partial charge in [0.25, 0.3) is 0 Å². The maximum absolute atomic E-state index is 5.86. The number of halogens is 1. The van der Waals surface area contributed by atoms with Gasteiger partial charge in [-0.05, 0) is 37.3 Å². The molecule has 0 aliphatic carbocycles. The van der Waals surface area contributed by atoms with Crippen LogP contribution in [-0.2, 0) is 6.61 Å². The second kappa shape index (κ2) is 4.74. The minimum atomic E-state index is 0.572. The number of aryl methyl sites for hydroxylation is 1. The zero-order valence-corrected chi connectivity index (χ0v) is 13.1. The topological polar surface area (TPSA) is 27.1 Å². The summed E-state index contributed by atoms with van der Waals surface area (Å²) in [7, 11) is 0. The molecule has 0 radical (unpaired) electrons. The van der Waals surface area contributed by atoms with Crippen molar-refractivity contribution in [2.24, 2.45) is 0 Å². The number of hydrogen-bond acceptors (Lipinski definition) is 2. The van der Waals surface area contributed by atoms with Crippen molar-refractivity contribution >= 4 is 15.9 Å². The van der Waals surface area contributed by atoms with E-state index in [9.17, 15) is 0 Å². The van der Waals surface area contributed by atoms with E-state index in [1.54, 1.807) is 0 Å². The highest BCUT2D eigenvalue weighted by Gasteiger charge is 2.25. The normalized spacial score (nSPS) is 12.5. The molecule has 0 spiro atoms. The summed E-state index contributed by atoms with van der Waals surface area (Å²) in [4.78, 5) is 0. The van der Waals surface area contributed by atoms with Crippen LogP contribution >= 0.6 is 15.9 Å². The predicted molar refractivity (Wildman–Crippen MR) is 85.8 cm³/mol. The minimum Gasteiger partial charge on any atom is -0.488 e. The largest absolute Gasteiger partial charge is 0.488 e. The van der Waals surface area contributed by atoms with Gasteiger partial charge in [-0.25, -0.2) is 4.68 Å². The lowest BCUT2D eigenvalue weighted by Crippen LogP contribution is -2.08. The molecule has 4 heteroatoms. The standard InChI is InChI=1S/C17H13BrN2O/c1-11-15-10-21-16-8-7-12(18)9-14(16)17(15)20(19-11)13-5-3-2-4-6-13/h2-9H,10H2,1H3. The van der Waals surface area contributed by atoms with E-state index in [1.807, 2.05) is 41.9 Å². The van der Waals surface area contributed by atoms with E-state index >= 15 is 0 Å². The molecule has 21 heavy (non-hydrogen) atoms. The van der Waals surface area contributed by atoms with E-state index in [4.69, 9.17) is 9.84 Å². The summed E-state index contributed by atoms with van der Waals surface area (Å²) >= 11 is 3.54. The highest BCUT2D eigenvalue weighted by atomic mass is 79.9. The first-order valence-corrected chi connectivity index (χ1v) is 7.60. The number of nitrogens with zero attached hydrogens (tertiary/aromatic N) is 2. The number of aromatic nitrogens is 2. The van der Waals surface area contributed by atoms with Crippen molar-refractivity contribution in [1.29, 1.82) is 0 Å². The van der Waals surface area contributed by atoms with Crippen molar-refractivity contribution in [3.8, 4) is 22.7 Å². The second-order valence-electron chi connectivity index (χ2n) is 5.09. The minimum absolute atomic E-state index is 0.572. The molecule has 0 saturated heterocycles. The smallest absolute Gasteiger partial charge is 0.129 e. The molecule has 1 aromatic heterocycles. The molecule has 2 heterocycles. The first kappa shape index (κ1) is 12.7. The average Bonchev–Trinajstić information content (AvgIpc) is 2.86. The van der Waals surface area contributed by atoms with E-state index < -0.39 is 0 Å². The molecule has 1 aliphatic rings. The van der Waals surface area contributed by atoms with Gasteiger partial charge in [0, 0.05) is 15.6 Å². The molecule has 3 aromatic rings. The Morgan fingerprint density at radius 3 is 2.76 bits per heavy atom. The summed E-state index contributed by atoms with van der Waals surface area (Å²) in [6, 6.07) is 16.3. The molecule has 3 nitrogen and oxygen atoms in total. The van der Waals surface area contributed by atoms with E-state index in [-0.39, 0.29) is 0 Å². The van der Waals surface area contributed by atoms with Gasteiger partial charge in [-0.1, -0.05) is 34.1 Å². The molecular weight excluding hydrogens is 328 g/mol. The third-order valence-electron chi connectivity index (χ3n) is 3.75. The zero-order chi connectivity index (χ0) is 14.4. The Hall–Kier alpha value is -2.07. The fourth-order valence-electron chi connectivity index (χ4n) is 2.73. The number of fused-ring (bicyclic) bond motifs is 3. The lowest BCUT2D eigenvalue weighted by Gasteiger charge is -2.20. The van der Waals surface area contributed by atoms with Gasteiger partial charge in [0.1, 0.15) is 12.4 Å². The van der Waals surface area contributed by atoms with Crippen LogP contribution in [0.15, 0.2) is 53.0 Å². The third-order valence-corrected chi connectivity index (χ3v) is 4.25. The molecule has 0 fully saturated rings. The Morgan fingerprint density at radius 1 is 1.14 bits per heavy atom. The fourth-order valence-corrected chi connectivity index (χ4v) is 3.09. The number of hydrogen-bond donors (Lipinski definition) is 0. The van der Waals surface area contributed by atoms with Gasteiger partial charge in [-0.3, -0.25) is 0 Å². The highest BCUT2D eigenvalue weighted by Crippen LogP contribution is 2.41. The Kier molecular flexibility index (Phi) is 2.86. The van der Waals surface area contributed by atoms with Crippen molar-refractivity contribution in [2.45, 2.75) is 13.5 Å². The maximum atomic E-state index is 5.86. The molecule has 1 aliphatic heterocycles. The van der Waals surface area contributed by atoms with Crippen LogP contribution in [0.5, 0.6) is 5.75 Å². The number of benzene rings is 2. The van der Waals surface area contributed by atoms with Crippen molar-refractivity contribution in [3.05, 3.63) is 64.3 Å². The van der Waals surface area contributed by atoms with Crippen LogP contribution < -0.4 is 4.74 Å². The lowest BCUT2D eigenvalue weighted by molar-refractivity contribution is 0.301. The number of rotatable bonds is 1. The zero-order valence-electron chi connectivity index (χ0n) is 11.5. The lowest BCUT2D eigenvalue weighted by atomic mass is 10.0. The summed E-state index contributed by atoms with van der Waals surface area (Å²) in [6.07, 6.45) is 0. The average molecular weight is 341 g/mol. The summed E-state index contributed by atoms with van der Waals surface area (Å²) in [5.74, 6) is 0.905. The van der Waals surface area contributed by atoms with Gasteiger partial charge in [-0.2, -0.15) is 5.10 Å². The van der Waals surface area contributed by atoms with Crippen LogP contribution in [0.1, 0.15) is 11.3 Å². The van der Waals surface area contributed by atoms with Crippen LogP contribution in [0, 0.1) is 6.92 Å². The summed E-state index contributed by atoms with van der Waals surface area (Å²) in [6.45, 7) is 2.60. The first-order chi connectivity index (χ1) is 10.2. The van der Waals surface area contributed by atoms with Crippen molar-refractivity contribution in [1.82, 2.24) is 9.78 Å². The second-order valence-corrected chi connectivity index (χ2v) is 6.00. The summed E-state index contributed by atoms with van der Waals surface area (Å²) in [5, 5.41) is 4.71. The van der Waals surface area contributed by atoms with Gasteiger partial charge >= 0.3 is 0 Å². The Bertz CT molecular complexity index is 824. The van der Waals surface area contributed by atoms with E-state index in [0.29, 0.717) is 6.61 Å². The van der Waals surface area contributed by atoms with Crippen LogP contribution in [0.25, 0.3) is 16.9 Å². The molecule has 104 valence electrons. The molecule has 4 rings (SSSR count). The first-order valence-electron chi connectivity index (χ1n) is 6.80. The van der Waals surface area contributed by atoms with Crippen molar-refractivity contribution in [3.63, 3.8) is 0 Å². The van der Waals surface area contributed by atoms with E-state index in [2.05, 4.69) is 34.1 Å². The predicted octanol–water partition coefficient (Wildman–Crippen LogP) is 4.50.